The lowest BCUT2D eigenvalue weighted by Gasteiger charge is -1.99. The molecule has 0 saturated carbocycles. The van der Waals surface area contributed by atoms with Crippen LogP contribution in [0, 0.1) is 11.3 Å². The summed E-state index contributed by atoms with van der Waals surface area (Å²) in [6.07, 6.45) is 0. The number of hydrogen-bond acceptors (Lipinski definition) is 4. The van der Waals surface area contributed by atoms with E-state index in [0.29, 0.717) is 10.7 Å². The minimum Gasteiger partial charge on any atom is -0.258 e. The highest BCUT2D eigenvalue weighted by Crippen LogP contribution is 2.27. The summed E-state index contributed by atoms with van der Waals surface area (Å²) in [5.41, 5.74) is 2.79. The van der Waals surface area contributed by atoms with Gasteiger partial charge in [-0.1, -0.05) is 58.0 Å². The van der Waals surface area contributed by atoms with E-state index in [0.717, 1.165) is 27.2 Å². The number of rotatable bonds is 4. The van der Waals surface area contributed by atoms with Gasteiger partial charge < -0.3 is 0 Å². The third-order valence-corrected chi connectivity index (χ3v) is 4.65. The van der Waals surface area contributed by atoms with E-state index in [4.69, 9.17) is 5.26 Å². The molecule has 0 atom stereocenters. The highest BCUT2D eigenvalue weighted by Gasteiger charge is 2.09. The quantitative estimate of drug-likeness (QED) is 0.691. The van der Waals surface area contributed by atoms with Crippen molar-refractivity contribution in [1.82, 2.24) is 15.2 Å². The molecule has 0 amide bonds. The van der Waals surface area contributed by atoms with E-state index in [2.05, 4.69) is 37.2 Å². The molecular formula is C16H11BrN4S. The first kappa shape index (κ1) is 14.8. The molecule has 22 heavy (non-hydrogen) atoms. The average Bonchev–Trinajstić information content (AvgIpc) is 3.02. The summed E-state index contributed by atoms with van der Waals surface area (Å²) in [7, 11) is 0. The highest BCUT2D eigenvalue weighted by molar-refractivity contribution is 9.10. The van der Waals surface area contributed by atoms with Crippen molar-refractivity contribution in [2.45, 2.75) is 10.9 Å². The summed E-state index contributed by atoms with van der Waals surface area (Å²) in [5, 5.41) is 16.7. The average molecular weight is 371 g/mol. The topological polar surface area (TPSA) is 65.4 Å². The van der Waals surface area contributed by atoms with Gasteiger partial charge in [-0.05, 0) is 23.8 Å². The third-order valence-electron chi connectivity index (χ3n) is 3.04. The molecule has 0 unspecified atom stereocenters. The lowest BCUT2D eigenvalue weighted by Crippen LogP contribution is -1.83. The van der Waals surface area contributed by atoms with Crippen molar-refractivity contribution in [2.24, 2.45) is 0 Å². The summed E-state index contributed by atoms with van der Waals surface area (Å²) in [6, 6.07) is 17.5. The zero-order valence-corrected chi connectivity index (χ0v) is 13.9. The van der Waals surface area contributed by atoms with Crippen molar-refractivity contribution in [2.75, 3.05) is 0 Å². The predicted octanol–water partition coefficient (Wildman–Crippen LogP) is 4.40. The number of aromatic nitrogens is 3. The van der Waals surface area contributed by atoms with Crippen LogP contribution in [0.1, 0.15) is 11.1 Å². The molecular weight excluding hydrogens is 360 g/mol. The van der Waals surface area contributed by atoms with Crippen LogP contribution in [-0.4, -0.2) is 15.2 Å². The van der Waals surface area contributed by atoms with Crippen molar-refractivity contribution in [3.8, 4) is 17.5 Å². The normalized spacial score (nSPS) is 10.4. The van der Waals surface area contributed by atoms with Gasteiger partial charge in [0.1, 0.15) is 0 Å². The van der Waals surface area contributed by atoms with Crippen molar-refractivity contribution < 1.29 is 0 Å². The number of aromatic amines is 1. The van der Waals surface area contributed by atoms with Crippen LogP contribution in [0.5, 0.6) is 0 Å². The first-order valence-corrected chi connectivity index (χ1v) is 8.33. The van der Waals surface area contributed by atoms with Gasteiger partial charge in [-0.15, -0.1) is 5.10 Å². The van der Waals surface area contributed by atoms with Crippen LogP contribution < -0.4 is 0 Å². The Kier molecular flexibility index (Phi) is 4.56. The fraction of sp³-hybridized carbons (Fsp3) is 0.0625. The number of H-pyrrole nitrogens is 1. The Hall–Kier alpha value is -2.10. The fourth-order valence-electron chi connectivity index (χ4n) is 1.91. The molecule has 0 fully saturated rings. The molecule has 0 bridgehead atoms. The maximum absolute atomic E-state index is 8.79. The largest absolute Gasteiger partial charge is 0.258 e. The molecule has 0 aliphatic rings. The zero-order valence-electron chi connectivity index (χ0n) is 11.5. The van der Waals surface area contributed by atoms with E-state index in [1.54, 1.807) is 11.8 Å². The molecule has 0 spiro atoms. The smallest absolute Gasteiger partial charge is 0.209 e. The minimum absolute atomic E-state index is 0.669. The second-order valence-corrected chi connectivity index (χ2v) is 6.34. The molecule has 0 aliphatic heterocycles. The molecule has 1 aromatic heterocycles. The van der Waals surface area contributed by atoms with Gasteiger partial charge in [0.05, 0.1) is 11.6 Å². The van der Waals surface area contributed by atoms with Crippen molar-refractivity contribution in [3.05, 3.63) is 64.1 Å². The van der Waals surface area contributed by atoms with E-state index in [1.807, 2.05) is 48.5 Å². The van der Waals surface area contributed by atoms with Crippen LogP contribution in [0.15, 0.2) is 58.2 Å². The second-order valence-electron chi connectivity index (χ2n) is 4.54. The van der Waals surface area contributed by atoms with E-state index in [-0.39, 0.29) is 0 Å². The number of nitriles is 1. The van der Waals surface area contributed by atoms with Crippen LogP contribution in [0.25, 0.3) is 11.4 Å². The number of thioether (sulfide) groups is 1. The van der Waals surface area contributed by atoms with Crippen LogP contribution in [0.3, 0.4) is 0 Å². The maximum Gasteiger partial charge on any atom is 0.209 e. The summed E-state index contributed by atoms with van der Waals surface area (Å²) >= 11 is 5.07. The van der Waals surface area contributed by atoms with Gasteiger partial charge in [0, 0.05) is 15.8 Å². The number of halogens is 1. The Morgan fingerprint density at radius 2 is 1.91 bits per heavy atom. The zero-order chi connectivity index (χ0) is 15.4. The molecule has 2 aromatic carbocycles. The summed E-state index contributed by atoms with van der Waals surface area (Å²) in [4.78, 5) is 4.50. The van der Waals surface area contributed by atoms with E-state index >= 15 is 0 Å². The second kappa shape index (κ2) is 6.77. The van der Waals surface area contributed by atoms with Crippen LogP contribution in [0.4, 0.5) is 0 Å². The van der Waals surface area contributed by atoms with Gasteiger partial charge >= 0.3 is 0 Å². The number of nitrogens with one attached hydrogen (secondary N) is 1. The Bertz CT molecular complexity index is 821. The molecule has 6 heteroatoms. The summed E-state index contributed by atoms with van der Waals surface area (Å²) in [5.74, 6) is 1.51. The number of benzene rings is 2. The Balaban J connectivity index is 1.69. The molecule has 0 aliphatic carbocycles. The highest BCUT2D eigenvalue weighted by atomic mass is 79.9. The van der Waals surface area contributed by atoms with Gasteiger partial charge in [0.15, 0.2) is 5.82 Å². The molecule has 108 valence electrons. The van der Waals surface area contributed by atoms with E-state index in [9.17, 15) is 0 Å². The number of nitrogens with zero attached hydrogens (tertiary/aromatic N) is 3. The van der Waals surface area contributed by atoms with Crippen LogP contribution in [0.2, 0.25) is 0 Å². The molecule has 3 rings (SSSR count). The standard InChI is InChI=1S/C16H11BrN4S/c17-14-4-2-1-3-13(14)15-19-16(21-20-15)22-10-12-7-5-11(9-18)6-8-12/h1-8H,10H2,(H,19,20,21). The van der Waals surface area contributed by atoms with Crippen molar-refractivity contribution >= 4 is 27.7 Å². The lowest BCUT2D eigenvalue weighted by molar-refractivity contribution is 0.973. The van der Waals surface area contributed by atoms with Gasteiger partial charge in [-0.25, -0.2) is 4.98 Å². The maximum atomic E-state index is 8.79. The van der Waals surface area contributed by atoms with E-state index < -0.39 is 0 Å². The summed E-state index contributed by atoms with van der Waals surface area (Å²) < 4.78 is 0.981. The predicted molar refractivity (Wildman–Crippen MR) is 90.2 cm³/mol. The van der Waals surface area contributed by atoms with Crippen molar-refractivity contribution in [1.29, 1.82) is 5.26 Å². The number of hydrogen-bond donors (Lipinski definition) is 1. The molecule has 3 aromatic rings. The first-order valence-electron chi connectivity index (χ1n) is 6.55. The lowest BCUT2D eigenvalue weighted by atomic mass is 10.2. The summed E-state index contributed by atoms with van der Waals surface area (Å²) in [6.45, 7) is 0. The first-order chi connectivity index (χ1) is 10.8. The monoisotopic (exact) mass is 370 g/mol. The molecule has 4 nitrogen and oxygen atoms in total. The Morgan fingerprint density at radius 3 is 2.64 bits per heavy atom. The molecule has 1 N–H and O–H groups in total. The fourth-order valence-corrected chi connectivity index (χ4v) is 3.13. The third kappa shape index (κ3) is 3.38. The molecule has 0 radical (unpaired) electrons. The molecule has 1 heterocycles. The van der Waals surface area contributed by atoms with Gasteiger partial charge in [-0.2, -0.15) is 5.26 Å². The Morgan fingerprint density at radius 1 is 1.14 bits per heavy atom. The van der Waals surface area contributed by atoms with Crippen molar-refractivity contribution in [3.63, 3.8) is 0 Å². The van der Waals surface area contributed by atoms with Gasteiger partial charge in [0.25, 0.3) is 0 Å². The Labute approximate surface area is 140 Å². The van der Waals surface area contributed by atoms with Crippen LogP contribution >= 0.6 is 27.7 Å². The van der Waals surface area contributed by atoms with Crippen LogP contribution in [-0.2, 0) is 5.75 Å². The minimum atomic E-state index is 0.669. The molecule has 0 saturated heterocycles. The van der Waals surface area contributed by atoms with Gasteiger partial charge in [0.2, 0.25) is 5.16 Å². The van der Waals surface area contributed by atoms with Gasteiger partial charge in [-0.3, -0.25) is 5.10 Å². The SMILES string of the molecule is N#Cc1ccc(CSc2n[nH]c(-c3ccccc3Br)n2)cc1. The van der Waals surface area contributed by atoms with E-state index in [1.165, 1.54) is 0 Å².